The lowest BCUT2D eigenvalue weighted by Gasteiger charge is -2.23. The number of carboxylic acids is 1. The predicted molar refractivity (Wildman–Crippen MR) is 55.2 cm³/mol. The van der Waals surface area contributed by atoms with Gasteiger partial charge in [-0.1, -0.05) is 0 Å². The average molecular weight is 232 g/mol. The van der Waals surface area contributed by atoms with E-state index < -0.39 is 24.5 Å². The highest BCUT2D eigenvalue weighted by Gasteiger charge is 2.31. The number of hydrogen-bond acceptors (Lipinski definition) is 7. The highest BCUT2D eigenvalue weighted by atomic mass is 16.4. The molecule has 92 valence electrons. The maximum Gasteiger partial charge on any atom is 0.320 e. The molecule has 1 heterocycles. The second-order valence-electron chi connectivity index (χ2n) is 3.59. The number of nitrogens with zero attached hydrogens (tertiary/aromatic N) is 2. The molecule has 1 aliphatic rings. The fourth-order valence-electron chi connectivity index (χ4n) is 1.42. The number of aliphatic carboxylic acids is 1. The van der Waals surface area contributed by atoms with Crippen molar-refractivity contribution in [3.63, 3.8) is 0 Å². The minimum Gasteiger partial charge on any atom is -0.480 e. The molecule has 0 aromatic rings. The number of carboxylic acid groups (broad SMARTS) is 1. The van der Waals surface area contributed by atoms with Crippen LogP contribution in [0.4, 0.5) is 0 Å². The Kier molecular flexibility index (Phi) is 4.05. The molecule has 1 aliphatic heterocycles. The standard InChI is InChI=1S/C8H16N4O4/c9-4(7(15)16)2-1-3-12-6(14)5(13)11-8(12)10/h4-6,13-14H,1-3,9H2,(H2,10,11)(H,15,16)/t4-,5?,6?/m0/s1. The molecule has 7 N–H and O–H groups in total. The van der Waals surface area contributed by atoms with Crippen molar-refractivity contribution >= 4 is 11.9 Å². The van der Waals surface area contributed by atoms with Crippen molar-refractivity contribution in [3.05, 3.63) is 0 Å². The Bertz CT molecular complexity index is 296. The van der Waals surface area contributed by atoms with Gasteiger partial charge < -0.3 is 31.7 Å². The minimum atomic E-state index is -1.24. The lowest BCUT2D eigenvalue weighted by molar-refractivity contribution is -0.138. The van der Waals surface area contributed by atoms with Crippen LogP contribution in [0.3, 0.4) is 0 Å². The van der Waals surface area contributed by atoms with Crippen LogP contribution in [0, 0.1) is 0 Å². The number of aliphatic imine (C=N–C) groups is 1. The van der Waals surface area contributed by atoms with Crippen molar-refractivity contribution < 1.29 is 20.1 Å². The maximum absolute atomic E-state index is 10.4. The zero-order valence-corrected chi connectivity index (χ0v) is 8.65. The molecule has 8 nitrogen and oxygen atoms in total. The van der Waals surface area contributed by atoms with Gasteiger partial charge in [0, 0.05) is 6.54 Å². The van der Waals surface area contributed by atoms with Crippen LogP contribution in [-0.4, -0.2) is 57.2 Å². The fraction of sp³-hybridized carbons (Fsp3) is 0.750. The summed E-state index contributed by atoms with van der Waals surface area (Å²) in [6.45, 7) is 0.300. The van der Waals surface area contributed by atoms with Gasteiger partial charge >= 0.3 is 5.97 Å². The van der Waals surface area contributed by atoms with Crippen LogP contribution in [0.1, 0.15) is 12.8 Å². The summed E-state index contributed by atoms with van der Waals surface area (Å²) in [4.78, 5) is 15.3. The summed E-state index contributed by atoms with van der Waals surface area (Å²) in [6, 6.07) is -0.928. The Morgan fingerprint density at radius 1 is 1.56 bits per heavy atom. The Hall–Kier alpha value is -1.38. The number of hydrogen-bond donors (Lipinski definition) is 5. The van der Waals surface area contributed by atoms with Crippen molar-refractivity contribution in [2.45, 2.75) is 31.3 Å². The molecule has 0 saturated carbocycles. The first-order valence-corrected chi connectivity index (χ1v) is 4.88. The van der Waals surface area contributed by atoms with E-state index in [-0.39, 0.29) is 12.4 Å². The Labute approximate surface area is 92.2 Å². The molecule has 0 saturated heterocycles. The normalized spacial score (nSPS) is 26.7. The molecule has 3 atom stereocenters. The van der Waals surface area contributed by atoms with Crippen LogP contribution >= 0.6 is 0 Å². The first-order chi connectivity index (χ1) is 7.43. The Morgan fingerprint density at radius 3 is 2.62 bits per heavy atom. The van der Waals surface area contributed by atoms with Crippen LogP contribution in [0.15, 0.2) is 4.99 Å². The van der Waals surface area contributed by atoms with Gasteiger partial charge in [-0.05, 0) is 12.8 Å². The smallest absolute Gasteiger partial charge is 0.320 e. The van der Waals surface area contributed by atoms with E-state index in [1.807, 2.05) is 0 Å². The summed E-state index contributed by atoms with van der Waals surface area (Å²) in [5.41, 5.74) is 10.8. The van der Waals surface area contributed by atoms with Gasteiger partial charge in [0.05, 0.1) is 0 Å². The lowest BCUT2D eigenvalue weighted by atomic mass is 10.1. The van der Waals surface area contributed by atoms with Crippen molar-refractivity contribution in [1.82, 2.24) is 4.90 Å². The third kappa shape index (κ3) is 2.81. The largest absolute Gasteiger partial charge is 0.480 e. The van der Waals surface area contributed by atoms with Gasteiger partial charge in [-0.25, -0.2) is 4.99 Å². The summed E-state index contributed by atoms with van der Waals surface area (Å²) < 4.78 is 0. The fourth-order valence-corrected chi connectivity index (χ4v) is 1.42. The van der Waals surface area contributed by atoms with Gasteiger partial charge in [0.1, 0.15) is 6.04 Å². The van der Waals surface area contributed by atoms with E-state index >= 15 is 0 Å². The third-order valence-electron chi connectivity index (χ3n) is 2.38. The van der Waals surface area contributed by atoms with Crippen molar-refractivity contribution in [1.29, 1.82) is 0 Å². The highest BCUT2D eigenvalue weighted by molar-refractivity contribution is 5.80. The number of nitrogens with two attached hydrogens (primary N) is 2. The van der Waals surface area contributed by atoms with Gasteiger partial charge in [0.15, 0.2) is 18.4 Å². The first kappa shape index (κ1) is 12.7. The van der Waals surface area contributed by atoms with Gasteiger partial charge in [0.25, 0.3) is 0 Å². The van der Waals surface area contributed by atoms with Gasteiger partial charge in [0.2, 0.25) is 0 Å². The van der Waals surface area contributed by atoms with Crippen LogP contribution in [0.2, 0.25) is 0 Å². The van der Waals surface area contributed by atoms with E-state index in [1.54, 1.807) is 0 Å². The molecule has 2 unspecified atom stereocenters. The van der Waals surface area contributed by atoms with E-state index in [0.29, 0.717) is 13.0 Å². The summed E-state index contributed by atoms with van der Waals surface area (Å²) >= 11 is 0. The van der Waals surface area contributed by atoms with Gasteiger partial charge in [-0.2, -0.15) is 0 Å². The molecule has 8 heteroatoms. The number of rotatable bonds is 5. The molecular weight excluding hydrogens is 216 g/mol. The van der Waals surface area contributed by atoms with E-state index in [1.165, 1.54) is 4.90 Å². The minimum absolute atomic E-state index is 0.0453. The monoisotopic (exact) mass is 232 g/mol. The molecule has 0 fully saturated rings. The predicted octanol–water partition coefficient (Wildman–Crippen LogP) is -2.55. The first-order valence-electron chi connectivity index (χ1n) is 4.88. The highest BCUT2D eigenvalue weighted by Crippen LogP contribution is 2.12. The van der Waals surface area contributed by atoms with Crippen LogP contribution < -0.4 is 11.5 Å². The second kappa shape index (κ2) is 5.10. The third-order valence-corrected chi connectivity index (χ3v) is 2.38. The zero-order chi connectivity index (χ0) is 12.3. The number of aliphatic hydroxyl groups excluding tert-OH is 2. The summed E-state index contributed by atoms with van der Waals surface area (Å²) in [5, 5.41) is 27.1. The molecular formula is C8H16N4O4. The summed E-state index contributed by atoms with van der Waals surface area (Å²) in [5.74, 6) is -1.02. The molecule has 1 rings (SSSR count). The van der Waals surface area contributed by atoms with Crippen molar-refractivity contribution in [2.24, 2.45) is 16.5 Å². The molecule has 0 aromatic heterocycles. The Balaban J connectivity index is 2.34. The topological polar surface area (TPSA) is 145 Å². The second-order valence-corrected chi connectivity index (χ2v) is 3.59. The molecule has 16 heavy (non-hydrogen) atoms. The van der Waals surface area contributed by atoms with Gasteiger partial charge in [-0.3, -0.25) is 4.79 Å². The van der Waals surface area contributed by atoms with Gasteiger partial charge in [-0.15, -0.1) is 0 Å². The molecule has 0 amide bonds. The van der Waals surface area contributed by atoms with Crippen LogP contribution in [0.5, 0.6) is 0 Å². The zero-order valence-electron chi connectivity index (χ0n) is 8.65. The summed E-state index contributed by atoms with van der Waals surface area (Å²) in [6.07, 6.45) is -1.70. The molecule has 0 aromatic carbocycles. The van der Waals surface area contributed by atoms with Crippen LogP contribution in [-0.2, 0) is 4.79 Å². The molecule has 0 bridgehead atoms. The lowest BCUT2D eigenvalue weighted by Crippen LogP contribution is -2.43. The number of guanidine groups is 1. The van der Waals surface area contributed by atoms with Crippen molar-refractivity contribution in [3.8, 4) is 0 Å². The van der Waals surface area contributed by atoms with E-state index in [2.05, 4.69) is 4.99 Å². The number of carbonyl (C=O) groups is 1. The van der Waals surface area contributed by atoms with E-state index in [9.17, 15) is 9.90 Å². The maximum atomic E-state index is 10.4. The molecule has 0 aliphatic carbocycles. The molecule has 0 spiro atoms. The van der Waals surface area contributed by atoms with E-state index in [4.69, 9.17) is 21.7 Å². The SMILES string of the molecule is NC1=NC(O)C(O)N1CCC[C@H](N)C(=O)O. The average Bonchev–Trinajstić information content (AvgIpc) is 2.44. The quantitative estimate of drug-likeness (QED) is 0.350. The van der Waals surface area contributed by atoms with Crippen LogP contribution in [0.25, 0.3) is 0 Å². The Morgan fingerprint density at radius 2 is 2.19 bits per heavy atom. The number of aliphatic hydroxyl groups is 2. The van der Waals surface area contributed by atoms with Crippen molar-refractivity contribution in [2.75, 3.05) is 6.54 Å². The molecule has 0 radical (unpaired) electrons. The summed E-state index contributed by atoms with van der Waals surface area (Å²) in [7, 11) is 0. The van der Waals surface area contributed by atoms with E-state index in [0.717, 1.165) is 0 Å².